The predicted octanol–water partition coefficient (Wildman–Crippen LogP) is 14.3. The van der Waals surface area contributed by atoms with Crippen LogP contribution >= 0.6 is 0 Å². The van der Waals surface area contributed by atoms with Crippen LogP contribution in [0.1, 0.15) is 17.8 Å². The molecule has 3 nitrogen and oxygen atoms in total. The maximum absolute atomic E-state index is 9.70. The molecule has 3 heterocycles. The number of fused-ring (bicyclic) bond motifs is 9. The Morgan fingerprint density at radius 1 is 0.298 bits per heavy atom. The Kier molecular flexibility index (Phi) is 4.69. The molecule has 0 aliphatic carbocycles. The van der Waals surface area contributed by atoms with Gasteiger partial charge in [0.1, 0.15) is 0 Å². The van der Waals surface area contributed by atoms with Crippen molar-refractivity contribution in [1.29, 1.82) is 0 Å². The minimum absolute atomic E-state index is 0.102. The van der Waals surface area contributed by atoms with E-state index >= 15 is 0 Å². The third-order valence-electron chi connectivity index (χ3n) is 10.9. The van der Waals surface area contributed by atoms with Crippen molar-refractivity contribution < 1.29 is 17.8 Å². The average Bonchev–Trinajstić information content (AvgIpc) is 4.02. The zero-order valence-corrected chi connectivity index (χ0v) is 30.0. The molecule has 0 unspecified atom stereocenters. The highest BCUT2D eigenvalue weighted by Gasteiger charge is 2.21. The highest BCUT2D eigenvalue weighted by Crippen LogP contribution is 2.41. The lowest BCUT2D eigenvalue weighted by Crippen LogP contribution is -2.01. The van der Waals surface area contributed by atoms with Crippen molar-refractivity contribution in [2.24, 2.45) is 0 Å². The quantitative estimate of drug-likeness (QED) is 0.167. The van der Waals surface area contributed by atoms with E-state index in [1.54, 1.807) is 4.57 Å². The zero-order chi connectivity index (χ0) is 48.8. The number of nitrogens with zero attached hydrogens (tertiary/aromatic N) is 3. The van der Waals surface area contributed by atoms with Crippen LogP contribution in [0.5, 0.6) is 0 Å². The van der Waals surface area contributed by atoms with E-state index in [1.165, 1.54) is 0 Å². The fourth-order valence-electron chi connectivity index (χ4n) is 8.45. The van der Waals surface area contributed by atoms with Gasteiger partial charge < -0.3 is 13.7 Å². The van der Waals surface area contributed by atoms with Gasteiger partial charge in [0.25, 0.3) is 0 Å². The summed E-state index contributed by atoms with van der Waals surface area (Å²) >= 11 is 0. The van der Waals surface area contributed by atoms with Gasteiger partial charge in [0, 0.05) is 43.7 Å². The Hall–Kier alpha value is -7.62. The lowest BCUT2D eigenvalue weighted by Gasteiger charge is -2.15. The zero-order valence-electron chi connectivity index (χ0n) is 43.0. The lowest BCUT2D eigenvalue weighted by atomic mass is 10.0. The summed E-state index contributed by atoms with van der Waals surface area (Å²) in [7, 11) is 0. The van der Waals surface area contributed by atoms with Gasteiger partial charge in [0.15, 0.2) is 0 Å². The van der Waals surface area contributed by atoms with Gasteiger partial charge in [-0.3, -0.25) is 0 Å². The van der Waals surface area contributed by atoms with Gasteiger partial charge in [-0.1, -0.05) is 157 Å². The number of para-hydroxylation sites is 5. The van der Waals surface area contributed by atoms with E-state index < -0.39 is 101 Å². The molecule has 0 spiro atoms. The van der Waals surface area contributed by atoms with Crippen molar-refractivity contribution in [2.45, 2.75) is 0 Å². The van der Waals surface area contributed by atoms with Crippen LogP contribution in [0.2, 0.25) is 0 Å². The van der Waals surface area contributed by atoms with E-state index in [9.17, 15) is 5.48 Å². The Morgan fingerprint density at radius 2 is 0.737 bits per heavy atom. The van der Waals surface area contributed by atoms with E-state index in [0.29, 0.717) is 16.7 Å². The first-order valence-electron chi connectivity index (χ1n) is 25.1. The Labute approximate surface area is 347 Å². The molecule has 12 rings (SSSR count). The molecule has 0 bridgehead atoms. The van der Waals surface area contributed by atoms with Gasteiger partial charge >= 0.3 is 0 Å². The monoisotopic (exact) mass is 738 g/mol. The molecule has 0 amide bonds. The molecule has 0 aliphatic rings. The molecular formula is C54H35N3. The molecule has 0 N–H and O–H groups in total. The van der Waals surface area contributed by atoms with Crippen molar-refractivity contribution >= 4 is 65.4 Å². The van der Waals surface area contributed by atoms with Crippen molar-refractivity contribution in [3.63, 3.8) is 0 Å². The molecule has 57 heavy (non-hydrogen) atoms. The van der Waals surface area contributed by atoms with Crippen LogP contribution in [0.3, 0.4) is 0 Å². The Morgan fingerprint density at radius 3 is 1.32 bits per heavy atom. The van der Waals surface area contributed by atoms with Crippen LogP contribution < -0.4 is 0 Å². The molecule has 0 radical (unpaired) electrons. The van der Waals surface area contributed by atoms with Gasteiger partial charge in [-0.05, 0) is 76.8 Å². The summed E-state index contributed by atoms with van der Waals surface area (Å²) < 4.78 is 122. The molecule has 266 valence electrons. The second-order valence-corrected chi connectivity index (χ2v) is 13.9. The normalized spacial score (nSPS) is 15.1. The van der Waals surface area contributed by atoms with Crippen LogP contribution in [-0.4, -0.2) is 13.7 Å². The van der Waals surface area contributed by atoms with Crippen molar-refractivity contribution in [2.75, 3.05) is 0 Å². The molecule has 9 aromatic carbocycles. The minimum atomic E-state index is -0.769. The van der Waals surface area contributed by atoms with Crippen LogP contribution in [-0.2, 0) is 0 Å². The fraction of sp³-hybridized carbons (Fsp3) is 0. The summed E-state index contributed by atoms with van der Waals surface area (Å²) in [5.74, 6) is 0. The maximum Gasteiger partial charge on any atom is 0.0782 e. The van der Waals surface area contributed by atoms with Gasteiger partial charge in [0.2, 0.25) is 0 Å². The minimum Gasteiger partial charge on any atom is -0.309 e. The van der Waals surface area contributed by atoms with Crippen LogP contribution in [0, 0.1) is 0 Å². The maximum atomic E-state index is 9.70. The van der Waals surface area contributed by atoms with Crippen molar-refractivity contribution in [3.05, 3.63) is 212 Å². The molecule has 12 aromatic rings. The number of benzene rings is 9. The highest BCUT2D eigenvalue weighted by atomic mass is 15.1. The number of rotatable bonds is 5. The number of aromatic nitrogens is 3. The average molecular weight is 739 g/mol. The fourth-order valence-corrected chi connectivity index (χ4v) is 8.45. The van der Waals surface area contributed by atoms with E-state index in [4.69, 9.17) is 12.3 Å². The Bertz CT molecular complexity index is 4160. The van der Waals surface area contributed by atoms with E-state index in [0.717, 1.165) is 60.1 Å². The van der Waals surface area contributed by atoms with Crippen LogP contribution in [0.15, 0.2) is 212 Å². The topological polar surface area (TPSA) is 14.8 Å². The third-order valence-corrected chi connectivity index (χ3v) is 10.9. The SMILES string of the molecule is [2H]c1c([2H])c([2H])c(-c2c([2H])c([2H])c(-c3c([2H])c([2H])c(-n4c5ccccc5c5cccc(-n6c7ccccc7c7ccc(-n8c9ccccc9c9ccccc98)cc76)c54)c([2H])c3[2H])c([2H])c2[2H])c([2H])c1[2H]. The first kappa shape index (κ1) is 21.5. The molecule has 0 saturated heterocycles. The van der Waals surface area contributed by atoms with Crippen LogP contribution in [0.4, 0.5) is 0 Å². The summed E-state index contributed by atoms with van der Waals surface area (Å²) in [5, 5.41) is 5.81. The summed E-state index contributed by atoms with van der Waals surface area (Å²) in [6.07, 6.45) is 0. The van der Waals surface area contributed by atoms with Crippen LogP contribution in [0.25, 0.3) is 105 Å². The summed E-state index contributed by atoms with van der Waals surface area (Å²) in [4.78, 5) is 0. The molecule has 3 aromatic heterocycles. The molecule has 0 fully saturated rings. The summed E-state index contributed by atoms with van der Waals surface area (Å²) in [5.41, 5.74) is 4.52. The van der Waals surface area contributed by atoms with Gasteiger partial charge in [-0.2, -0.15) is 0 Å². The lowest BCUT2D eigenvalue weighted by molar-refractivity contribution is 1.12. The molecule has 0 atom stereocenters. The van der Waals surface area contributed by atoms with E-state index in [-0.39, 0.29) is 5.69 Å². The molecule has 3 heteroatoms. The first-order chi connectivity index (χ1) is 33.7. The van der Waals surface area contributed by atoms with Crippen molar-refractivity contribution in [3.8, 4) is 39.3 Å². The van der Waals surface area contributed by atoms with Gasteiger partial charge in [-0.15, -0.1) is 0 Å². The number of hydrogen-bond acceptors (Lipinski definition) is 0. The standard InChI is InChI=1S/C54H35N3/c1-2-13-36(14-3-1)37-25-27-38(28-26-37)39-29-31-40(32-30-39)56-50-22-10-7-18-45(50)47-19-12-24-52(54(47)56)57-51-23-11-6-17-44(51)46-34-33-41(35-53(46)57)55-48-20-8-4-15-42(48)43-16-5-9-21-49(43)55/h1-35H/i1D,2D,3D,13D,14D,25D,26D,27D,28D,29D,30D,31D,32D. The largest absolute Gasteiger partial charge is 0.309 e. The second kappa shape index (κ2) is 12.5. The summed E-state index contributed by atoms with van der Waals surface area (Å²) in [6.45, 7) is 0. The van der Waals surface area contributed by atoms with Crippen molar-refractivity contribution in [1.82, 2.24) is 13.7 Å². The van der Waals surface area contributed by atoms with E-state index in [2.05, 4.69) is 57.7 Å². The van der Waals surface area contributed by atoms with Gasteiger partial charge in [0.05, 0.1) is 56.6 Å². The second-order valence-electron chi connectivity index (χ2n) is 13.9. The first-order valence-corrected chi connectivity index (χ1v) is 18.6. The smallest absolute Gasteiger partial charge is 0.0782 e. The molecule has 0 aliphatic heterocycles. The molecule has 0 saturated carbocycles. The Balaban J connectivity index is 1.13. The van der Waals surface area contributed by atoms with E-state index in [1.807, 2.05) is 84.9 Å². The summed E-state index contributed by atoms with van der Waals surface area (Å²) in [6, 6.07) is 35.7. The predicted molar refractivity (Wildman–Crippen MR) is 240 cm³/mol. The third kappa shape index (κ3) is 4.79. The number of hydrogen-bond donors (Lipinski definition) is 0. The molecular weight excluding hydrogens is 691 g/mol. The van der Waals surface area contributed by atoms with Gasteiger partial charge in [-0.25, -0.2) is 0 Å². The highest BCUT2D eigenvalue weighted by molar-refractivity contribution is 6.16.